The first-order valence-electron chi connectivity index (χ1n) is 5.25. The Morgan fingerprint density at radius 1 is 1.67 bits per heavy atom. The molecule has 0 saturated carbocycles. The molecule has 0 fully saturated rings. The van der Waals surface area contributed by atoms with E-state index in [9.17, 15) is 0 Å². The van der Waals surface area contributed by atoms with Crippen LogP contribution in [0.25, 0.3) is 0 Å². The van der Waals surface area contributed by atoms with Crippen LogP contribution < -0.4 is 5.32 Å². The van der Waals surface area contributed by atoms with E-state index in [1.165, 1.54) is 0 Å². The van der Waals surface area contributed by atoms with Crippen molar-refractivity contribution < 1.29 is 0 Å². The molecule has 1 aromatic heterocycles. The quantitative estimate of drug-likeness (QED) is 0.637. The summed E-state index contributed by atoms with van der Waals surface area (Å²) in [4.78, 5) is 0. The van der Waals surface area contributed by atoms with E-state index in [1.807, 2.05) is 24.0 Å². The maximum absolute atomic E-state index is 4.22. The van der Waals surface area contributed by atoms with Crippen molar-refractivity contribution in [1.82, 2.24) is 15.1 Å². The highest BCUT2D eigenvalue weighted by atomic mass is 79.9. The van der Waals surface area contributed by atoms with Crippen molar-refractivity contribution >= 4 is 15.9 Å². The highest BCUT2D eigenvalue weighted by Gasteiger charge is 2.02. The minimum absolute atomic E-state index is 0.446. The Kier molecular flexibility index (Phi) is 5.65. The minimum Gasteiger partial charge on any atom is -0.312 e. The lowest BCUT2D eigenvalue weighted by molar-refractivity contribution is 0.455. The summed E-state index contributed by atoms with van der Waals surface area (Å²) >= 11 is 3.38. The molecule has 15 heavy (non-hydrogen) atoms. The Morgan fingerprint density at radius 2 is 2.47 bits per heavy atom. The van der Waals surface area contributed by atoms with Crippen LogP contribution in [-0.4, -0.2) is 22.4 Å². The second kappa shape index (κ2) is 6.80. The van der Waals surface area contributed by atoms with Crippen molar-refractivity contribution in [3.8, 4) is 0 Å². The van der Waals surface area contributed by atoms with Crippen molar-refractivity contribution in [2.45, 2.75) is 32.9 Å². The molecule has 1 heterocycles. The molecule has 84 valence electrons. The van der Waals surface area contributed by atoms with Crippen LogP contribution in [0.2, 0.25) is 0 Å². The fourth-order valence-electron chi connectivity index (χ4n) is 1.36. The third kappa shape index (κ3) is 5.14. The van der Waals surface area contributed by atoms with Crippen molar-refractivity contribution in [3.05, 3.63) is 29.0 Å². The zero-order valence-electron chi connectivity index (χ0n) is 9.28. The number of rotatable bonds is 6. The standard InChI is InChI=1S/C11H18BrN3/c1-3-4-5-6-13-10(2)8-15-9-11(12)7-14-15/h3-4,7,9-10,13H,5-6,8H2,1-2H3/b4-3+. The van der Waals surface area contributed by atoms with E-state index in [0.29, 0.717) is 6.04 Å². The van der Waals surface area contributed by atoms with Gasteiger partial charge in [-0.2, -0.15) is 5.10 Å². The van der Waals surface area contributed by atoms with Gasteiger partial charge < -0.3 is 5.32 Å². The molecule has 1 N–H and O–H groups in total. The first-order chi connectivity index (χ1) is 7.22. The highest BCUT2D eigenvalue weighted by Crippen LogP contribution is 2.06. The van der Waals surface area contributed by atoms with Gasteiger partial charge in [-0.25, -0.2) is 0 Å². The Bertz CT molecular complexity index is 307. The predicted molar refractivity (Wildman–Crippen MR) is 66.8 cm³/mol. The molecule has 0 bridgehead atoms. The third-order valence-electron chi connectivity index (χ3n) is 2.10. The lowest BCUT2D eigenvalue weighted by Gasteiger charge is -2.12. The van der Waals surface area contributed by atoms with E-state index >= 15 is 0 Å². The maximum atomic E-state index is 4.22. The van der Waals surface area contributed by atoms with Gasteiger partial charge in [-0.1, -0.05) is 12.2 Å². The number of allylic oxidation sites excluding steroid dienone is 1. The molecule has 1 unspecified atom stereocenters. The molecule has 3 nitrogen and oxygen atoms in total. The molecule has 0 radical (unpaired) electrons. The lowest BCUT2D eigenvalue weighted by Crippen LogP contribution is -2.31. The summed E-state index contributed by atoms with van der Waals surface area (Å²) < 4.78 is 2.97. The summed E-state index contributed by atoms with van der Waals surface area (Å²) in [5, 5.41) is 7.66. The van der Waals surface area contributed by atoms with Crippen LogP contribution in [0.15, 0.2) is 29.0 Å². The fourth-order valence-corrected chi connectivity index (χ4v) is 1.69. The van der Waals surface area contributed by atoms with Crippen LogP contribution in [-0.2, 0) is 6.54 Å². The van der Waals surface area contributed by atoms with E-state index in [1.54, 1.807) is 0 Å². The zero-order chi connectivity index (χ0) is 11.1. The minimum atomic E-state index is 0.446. The van der Waals surface area contributed by atoms with Gasteiger partial charge in [0.15, 0.2) is 0 Å². The lowest BCUT2D eigenvalue weighted by atomic mass is 10.3. The number of nitrogens with zero attached hydrogens (tertiary/aromatic N) is 2. The van der Waals surface area contributed by atoms with Gasteiger partial charge in [-0.15, -0.1) is 0 Å². The Labute approximate surface area is 99.7 Å². The topological polar surface area (TPSA) is 29.9 Å². The highest BCUT2D eigenvalue weighted by molar-refractivity contribution is 9.10. The SMILES string of the molecule is C/C=C/CCNC(C)Cn1cc(Br)cn1. The van der Waals surface area contributed by atoms with Crippen molar-refractivity contribution in [2.75, 3.05) is 6.54 Å². The summed E-state index contributed by atoms with van der Waals surface area (Å²) in [7, 11) is 0. The monoisotopic (exact) mass is 271 g/mol. The molecule has 0 aliphatic rings. The number of halogens is 1. The number of nitrogens with one attached hydrogen (secondary N) is 1. The zero-order valence-corrected chi connectivity index (χ0v) is 10.9. The molecule has 0 saturated heterocycles. The van der Waals surface area contributed by atoms with Gasteiger partial charge in [0.2, 0.25) is 0 Å². The normalized spacial score (nSPS) is 13.5. The number of hydrogen-bond donors (Lipinski definition) is 1. The van der Waals surface area contributed by atoms with E-state index in [4.69, 9.17) is 0 Å². The van der Waals surface area contributed by atoms with Crippen molar-refractivity contribution in [3.63, 3.8) is 0 Å². The van der Waals surface area contributed by atoms with Crippen molar-refractivity contribution in [1.29, 1.82) is 0 Å². The second-order valence-corrected chi connectivity index (χ2v) is 4.51. The van der Waals surface area contributed by atoms with Gasteiger partial charge in [0.05, 0.1) is 17.2 Å². The summed E-state index contributed by atoms with van der Waals surface area (Å²) in [5.74, 6) is 0. The summed E-state index contributed by atoms with van der Waals surface area (Å²) in [6, 6.07) is 0.446. The fraction of sp³-hybridized carbons (Fsp3) is 0.545. The molecule has 0 amide bonds. The van der Waals surface area contributed by atoms with E-state index in [-0.39, 0.29) is 0 Å². The summed E-state index contributed by atoms with van der Waals surface area (Å²) in [6.45, 7) is 6.14. The Balaban J connectivity index is 2.21. The van der Waals surface area contributed by atoms with Crippen LogP contribution in [0.5, 0.6) is 0 Å². The Hall–Kier alpha value is -0.610. The van der Waals surface area contributed by atoms with Gasteiger partial charge >= 0.3 is 0 Å². The molecule has 0 aliphatic carbocycles. The van der Waals surface area contributed by atoms with Crippen LogP contribution in [0.1, 0.15) is 20.3 Å². The van der Waals surface area contributed by atoms with Gasteiger partial charge in [0, 0.05) is 12.2 Å². The Morgan fingerprint density at radius 3 is 3.07 bits per heavy atom. The molecular formula is C11H18BrN3. The van der Waals surface area contributed by atoms with Gasteiger partial charge in [-0.3, -0.25) is 4.68 Å². The first-order valence-corrected chi connectivity index (χ1v) is 6.04. The number of hydrogen-bond acceptors (Lipinski definition) is 2. The van der Waals surface area contributed by atoms with E-state index < -0.39 is 0 Å². The molecule has 1 atom stereocenters. The number of aromatic nitrogens is 2. The molecule has 0 aliphatic heterocycles. The van der Waals surface area contributed by atoms with E-state index in [2.05, 4.69) is 45.4 Å². The maximum Gasteiger partial charge on any atom is 0.0632 e. The third-order valence-corrected chi connectivity index (χ3v) is 2.51. The van der Waals surface area contributed by atoms with Gasteiger partial charge in [0.25, 0.3) is 0 Å². The van der Waals surface area contributed by atoms with Crippen molar-refractivity contribution in [2.24, 2.45) is 0 Å². The molecule has 0 aromatic carbocycles. The molecule has 1 rings (SSSR count). The summed E-state index contributed by atoms with van der Waals surface area (Å²) in [5.41, 5.74) is 0. The van der Waals surface area contributed by atoms with Crippen LogP contribution in [0.4, 0.5) is 0 Å². The van der Waals surface area contributed by atoms with Crippen LogP contribution in [0, 0.1) is 0 Å². The average Bonchev–Trinajstić information content (AvgIpc) is 2.59. The molecule has 0 spiro atoms. The first kappa shape index (κ1) is 12.5. The van der Waals surface area contributed by atoms with E-state index in [0.717, 1.165) is 24.0 Å². The molecule has 1 aromatic rings. The summed E-state index contributed by atoms with van der Waals surface area (Å²) in [6.07, 6.45) is 9.14. The smallest absolute Gasteiger partial charge is 0.0632 e. The largest absolute Gasteiger partial charge is 0.312 e. The average molecular weight is 272 g/mol. The second-order valence-electron chi connectivity index (χ2n) is 3.59. The van der Waals surface area contributed by atoms with Crippen LogP contribution >= 0.6 is 15.9 Å². The van der Waals surface area contributed by atoms with Gasteiger partial charge in [0.1, 0.15) is 0 Å². The van der Waals surface area contributed by atoms with Gasteiger partial charge in [-0.05, 0) is 42.7 Å². The molecule has 4 heteroatoms. The molecular weight excluding hydrogens is 254 g/mol. The predicted octanol–water partition coefficient (Wildman–Crippen LogP) is 2.59. The van der Waals surface area contributed by atoms with Crippen LogP contribution in [0.3, 0.4) is 0 Å².